The van der Waals surface area contributed by atoms with Crippen molar-refractivity contribution in [3.05, 3.63) is 11.6 Å². The van der Waals surface area contributed by atoms with Crippen LogP contribution in [0.3, 0.4) is 0 Å². The van der Waals surface area contributed by atoms with E-state index in [2.05, 4.69) is 41.0 Å². The molecule has 1 atom stereocenters. The third-order valence-electron chi connectivity index (χ3n) is 3.35. The number of hydrogen-bond donors (Lipinski definition) is 1. The number of rotatable bonds is 2. The van der Waals surface area contributed by atoms with Crippen LogP contribution in [0.5, 0.6) is 0 Å². The lowest BCUT2D eigenvalue weighted by Gasteiger charge is -2.24. The van der Waals surface area contributed by atoms with Crippen molar-refractivity contribution < 1.29 is 4.74 Å². The second-order valence-corrected chi connectivity index (χ2v) is 6.70. The summed E-state index contributed by atoms with van der Waals surface area (Å²) in [6.07, 6.45) is 4.97. The summed E-state index contributed by atoms with van der Waals surface area (Å²) >= 11 is 6.08. The Morgan fingerprint density at radius 2 is 2.14 bits per heavy atom. The molecule has 6 nitrogen and oxygen atoms in total. The average molecular weight is 310 g/mol. The Balaban J connectivity index is 2.04. The van der Waals surface area contributed by atoms with E-state index in [1.807, 2.05) is 4.57 Å². The Morgan fingerprint density at radius 1 is 1.33 bits per heavy atom. The van der Waals surface area contributed by atoms with Crippen LogP contribution in [0.15, 0.2) is 6.33 Å². The first-order chi connectivity index (χ1) is 9.94. The highest BCUT2D eigenvalue weighted by Crippen LogP contribution is 2.29. The lowest BCUT2D eigenvalue weighted by atomic mass is 10.1. The second kappa shape index (κ2) is 5.42. The molecule has 0 aromatic carbocycles. The van der Waals surface area contributed by atoms with Gasteiger partial charge in [-0.2, -0.15) is 9.97 Å². The van der Waals surface area contributed by atoms with Gasteiger partial charge in [-0.15, -0.1) is 0 Å². The van der Waals surface area contributed by atoms with Crippen LogP contribution in [0.25, 0.3) is 11.2 Å². The first-order valence-electron chi connectivity index (χ1n) is 7.24. The van der Waals surface area contributed by atoms with Gasteiger partial charge in [0.1, 0.15) is 6.23 Å². The topological polar surface area (TPSA) is 64.9 Å². The number of aromatic nitrogens is 4. The summed E-state index contributed by atoms with van der Waals surface area (Å²) in [5, 5.41) is 3.54. The molecule has 3 heterocycles. The zero-order valence-electron chi connectivity index (χ0n) is 12.6. The van der Waals surface area contributed by atoms with Crippen LogP contribution in [-0.4, -0.2) is 31.7 Å². The molecule has 2 aromatic rings. The highest BCUT2D eigenvalue weighted by atomic mass is 35.5. The molecule has 2 aromatic heterocycles. The number of hydrogen-bond acceptors (Lipinski definition) is 5. The summed E-state index contributed by atoms with van der Waals surface area (Å²) in [5.74, 6) is 0.659. The Hall–Kier alpha value is -1.40. The minimum absolute atomic E-state index is 0.0165. The molecule has 114 valence electrons. The molecular weight excluding hydrogens is 290 g/mol. The fourth-order valence-electron chi connectivity index (χ4n) is 2.49. The van der Waals surface area contributed by atoms with Crippen LogP contribution in [-0.2, 0) is 4.74 Å². The molecular formula is C14H20ClN5O. The zero-order valence-corrected chi connectivity index (χ0v) is 13.3. The minimum Gasteiger partial charge on any atom is -0.363 e. The molecule has 1 fully saturated rings. The number of fused-ring (bicyclic) bond motifs is 1. The number of nitrogens with one attached hydrogen (secondary N) is 1. The van der Waals surface area contributed by atoms with Crippen molar-refractivity contribution in [2.45, 2.75) is 51.8 Å². The van der Waals surface area contributed by atoms with Crippen LogP contribution in [0.1, 0.15) is 46.3 Å². The SMILES string of the molecule is CC(C)(C)Nc1nc(Cl)nc2c1ncn2C1CCCCO1. The van der Waals surface area contributed by atoms with Crippen molar-refractivity contribution in [3.63, 3.8) is 0 Å². The third kappa shape index (κ3) is 3.11. The number of anilines is 1. The molecule has 1 aliphatic heterocycles. The average Bonchev–Trinajstić information content (AvgIpc) is 2.81. The van der Waals surface area contributed by atoms with Crippen LogP contribution >= 0.6 is 11.6 Å². The predicted molar refractivity (Wildman–Crippen MR) is 82.5 cm³/mol. The molecule has 7 heteroatoms. The number of ether oxygens (including phenoxy) is 1. The molecule has 1 saturated heterocycles. The van der Waals surface area contributed by atoms with Gasteiger partial charge in [0.15, 0.2) is 17.0 Å². The first-order valence-corrected chi connectivity index (χ1v) is 7.62. The highest BCUT2D eigenvalue weighted by Gasteiger charge is 2.22. The standard InChI is InChI=1S/C14H20ClN5O/c1-14(2,3)19-11-10-12(18-13(15)17-11)20(8-16-10)9-6-4-5-7-21-9/h8-9H,4-7H2,1-3H3,(H,17,18,19). The van der Waals surface area contributed by atoms with Gasteiger partial charge in [-0.05, 0) is 51.6 Å². The van der Waals surface area contributed by atoms with Crippen molar-refractivity contribution in [1.29, 1.82) is 0 Å². The predicted octanol–water partition coefficient (Wildman–Crippen LogP) is 3.39. The van der Waals surface area contributed by atoms with E-state index in [1.54, 1.807) is 6.33 Å². The van der Waals surface area contributed by atoms with Gasteiger partial charge in [-0.25, -0.2) is 4.98 Å². The summed E-state index contributed by atoms with van der Waals surface area (Å²) in [5.41, 5.74) is 1.31. The molecule has 21 heavy (non-hydrogen) atoms. The van der Waals surface area contributed by atoms with E-state index >= 15 is 0 Å². The lowest BCUT2D eigenvalue weighted by Crippen LogP contribution is -2.27. The molecule has 3 rings (SSSR count). The molecule has 0 spiro atoms. The highest BCUT2D eigenvalue weighted by molar-refractivity contribution is 6.28. The number of imidazole rings is 1. The van der Waals surface area contributed by atoms with Crippen LogP contribution in [0, 0.1) is 0 Å². The lowest BCUT2D eigenvalue weighted by molar-refractivity contribution is -0.0298. The molecule has 1 N–H and O–H groups in total. The number of nitrogens with zero attached hydrogens (tertiary/aromatic N) is 4. The molecule has 0 amide bonds. The Labute approximate surface area is 128 Å². The van der Waals surface area contributed by atoms with Gasteiger partial charge in [-0.1, -0.05) is 0 Å². The number of halogens is 1. The van der Waals surface area contributed by atoms with E-state index in [4.69, 9.17) is 16.3 Å². The van der Waals surface area contributed by atoms with Gasteiger partial charge in [0.05, 0.1) is 6.33 Å². The maximum atomic E-state index is 6.08. The summed E-state index contributed by atoms with van der Waals surface area (Å²) < 4.78 is 7.76. The quantitative estimate of drug-likeness (QED) is 0.861. The van der Waals surface area contributed by atoms with E-state index in [9.17, 15) is 0 Å². The Morgan fingerprint density at radius 3 is 2.81 bits per heavy atom. The van der Waals surface area contributed by atoms with Gasteiger partial charge in [0.25, 0.3) is 0 Å². The van der Waals surface area contributed by atoms with Crippen molar-refractivity contribution in [3.8, 4) is 0 Å². The largest absolute Gasteiger partial charge is 0.363 e. The maximum Gasteiger partial charge on any atom is 0.226 e. The van der Waals surface area contributed by atoms with Gasteiger partial charge in [0.2, 0.25) is 5.28 Å². The summed E-state index contributed by atoms with van der Waals surface area (Å²) in [6, 6.07) is 0. The Bertz CT molecular complexity index is 643. The van der Waals surface area contributed by atoms with Crippen molar-refractivity contribution >= 4 is 28.6 Å². The molecule has 1 unspecified atom stereocenters. The fraction of sp³-hybridized carbons (Fsp3) is 0.643. The summed E-state index contributed by atoms with van der Waals surface area (Å²) in [6.45, 7) is 6.97. The summed E-state index contributed by atoms with van der Waals surface area (Å²) in [7, 11) is 0. The van der Waals surface area contributed by atoms with Gasteiger partial charge in [0, 0.05) is 12.1 Å². The van der Waals surface area contributed by atoms with E-state index in [-0.39, 0.29) is 17.1 Å². The van der Waals surface area contributed by atoms with E-state index < -0.39 is 0 Å². The smallest absolute Gasteiger partial charge is 0.226 e. The summed E-state index contributed by atoms with van der Waals surface area (Å²) in [4.78, 5) is 13.1. The van der Waals surface area contributed by atoms with Crippen molar-refractivity contribution in [2.24, 2.45) is 0 Å². The van der Waals surface area contributed by atoms with Gasteiger partial charge in [-0.3, -0.25) is 4.57 Å². The minimum atomic E-state index is -0.129. The second-order valence-electron chi connectivity index (χ2n) is 6.36. The zero-order chi connectivity index (χ0) is 15.0. The van der Waals surface area contributed by atoms with Crippen LogP contribution in [0.4, 0.5) is 5.82 Å². The first kappa shape index (κ1) is 14.5. The van der Waals surface area contributed by atoms with Gasteiger partial charge < -0.3 is 10.1 Å². The fourth-order valence-corrected chi connectivity index (χ4v) is 2.65. The molecule has 0 radical (unpaired) electrons. The third-order valence-corrected chi connectivity index (χ3v) is 3.52. The molecule has 1 aliphatic rings. The Kier molecular flexibility index (Phi) is 3.75. The maximum absolute atomic E-state index is 6.08. The van der Waals surface area contributed by atoms with Crippen LogP contribution < -0.4 is 5.32 Å². The van der Waals surface area contributed by atoms with Crippen molar-refractivity contribution in [2.75, 3.05) is 11.9 Å². The monoisotopic (exact) mass is 309 g/mol. The molecule has 0 aliphatic carbocycles. The molecule has 0 bridgehead atoms. The van der Waals surface area contributed by atoms with Crippen LogP contribution in [0.2, 0.25) is 5.28 Å². The van der Waals surface area contributed by atoms with E-state index in [0.717, 1.165) is 31.4 Å². The van der Waals surface area contributed by atoms with Crippen molar-refractivity contribution in [1.82, 2.24) is 19.5 Å². The van der Waals surface area contributed by atoms with E-state index in [1.165, 1.54) is 0 Å². The molecule has 0 saturated carbocycles. The van der Waals surface area contributed by atoms with Gasteiger partial charge >= 0.3 is 0 Å². The van der Waals surface area contributed by atoms with E-state index in [0.29, 0.717) is 11.5 Å². The normalized spacial score (nSPS) is 19.9.